The SMILES string of the molecule is O=C(O)c1cc(F)cnc1Nc1cc(Br)ccc1Br. The number of anilines is 2. The molecule has 1 heterocycles. The minimum Gasteiger partial charge on any atom is -0.478 e. The number of aromatic nitrogens is 1. The summed E-state index contributed by atoms with van der Waals surface area (Å²) in [5, 5.41) is 11.9. The zero-order valence-electron chi connectivity index (χ0n) is 9.32. The Morgan fingerprint density at radius 1 is 1.32 bits per heavy atom. The lowest BCUT2D eigenvalue weighted by Crippen LogP contribution is -2.06. The van der Waals surface area contributed by atoms with E-state index in [0.29, 0.717) is 5.69 Å². The maximum Gasteiger partial charge on any atom is 0.339 e. The van der Waals surface area contributed by atoms with E-state index in [0.717, 1.165) is 21.2 Å². The molecule has 98 valence electrons. The second kappa shape index (κ2) is 5.66. The normalized spacial score (nSPS) is 10.3. The van der Waals surface area contributed by atoms with Gasteiger partial charge in [-0.25, -0.2) is 14.2 Å². The van der Waals surface area contributed by atoms with Crippen LogP contribution in [0.2, 0.25) is 0 Å². The summed E-state index contributed by atoms with van der Waals surface area (Å²) >= 11 is 6.64. The van der Waals surface area contributed by atoms with Crippen molar-refractivity contribution in [1.29, 1.82) is 0 Å². The summed E-state index contributed by atoms with van der Waals surface area (Å²) in [5.74, 6) is -1.87. The molecular formula is C12H7Br2FN2O2. The molecule has 2 rings (SSSR count). The van der Waals surface area contributed by atoms with Crippen molar-refractivity contribution in [3.05, 3.63) is 50.8 Å². The van der Waals surface area contributed by atoms with Crippen molar-refractivity contribution in [2.75, 3.05) is 5.32 Å². The van der Waals surface area contributed by atoms with E-state index in [9.17, 15) is 9.18 Å². The van der Waals surface area contributed by atoms with E-state index in [1.165, 1.54) is 0 Å². The highest BCUT2D eigenvalue weighted by Crippen LogP contribution is 2.29. The Kier molecular flexibility index (Phi) is 4.16. The van der Waals surface area contributed by atoms with Gasteiger partial charge in [0, 0.05) is 8.95 Å². The van der Waals surface area contributed by atoms with Gasteiger partial charge in [-0.1, -0.05) is 15.9 Å². The van der Waals surface area contributed by atoms with Gasteiger partial charge in [-0.3, -0.25) is 0 Å². The van der Waals surface area contributed by atoms with Crippen molar-refractivity contribution < 1.29 is 14.3 Å². The predicted octanol–water partition coefficient (Wildman–Crippen LogP) is 4.19. The number of aromatic carboxylic acids is 1. The standard InChI is InChI=1S/C12H7Br2FN2O2/c13-6-1-2-9(14)10(3-6)17-11-8(12(18)19)4-7(15)5-16-11/h1-5H,(H,16,17)(H,18,19). The molecule has 0 saturated heterocycles. The van der Waals surface area contributed by atoms with E-state index in [1.54, 1.807) is 12.1 Å². The summed E-state index contributed by atoms with van der Waals surface area (Å²) in [5.41, 5.74) is 0.392. The monoisotopic (exact) mass is 388 g/mol. The first-order chi connectivity index (χ1) is 8.97. The molecule has 0 radical (unpaired) electrons. The van der Waals surface area contributed by atoms with E-state index in [1.807, 2.05) is 6.07 Å². The van der Waals surface area contributed by atoms with Gasteiger partial charge in [-0.15, -0.1) is 0 Å². The second-order valence-electron chi connectivity index (χ2n) is 3.60. The molecule has 2 N–H and O–H groups in total. The molecular weight excluding hydrogens is 383 g/mol. The summed E-state index contributed by atoms with van der Waals surface area (Å²) < 4.78 is 14.6. The maximum absolute atomic E-state index is 13.0. The smallest absolute Gasteiger partial charge is 0.339 e. The topological polar surface area (TPSA) is 62.2 Å². The van der Waals surface area contributed by atoms with E-state index >= 15 is 0 Å². The molecule has 0 aliphatic heterocycles. The van der Waals surface area contributed by atoms with Gasteiger partial charge in [-0.2, -0.15) is 0 Å². The van der Waals surface area contributed by atoms with Gasteiger partial charge in [0.15, 0.2) is 0 Å². The number of nitrogens with one attached hydrogen (secondary N) is 1. The first-order valence-corrected chi connectivity index (χ1v) is 6.67. The zero-order chi connectivity index (χ0) is 14.0. The Morgan fingerprint density at radius 3 is 2.74 bits per heavy atom. The van der Waals surface area contributed by atoms with Crippen LogP contribution in [0, 0.1) is 5.82 Å². The Labute approximate surface area is 124 Å². The molecule has 0 saturated carbocycles. The number of benzene rings is 1. The van der Waals surface area contributed by atoms with E-state index in [2.05, 4.69) is 42.2 Å². The zero-order valence-corrected chi connectivity index (χ0v) is 12.5. The van der Waals surface area contributed by atoms with Crippen LogP contribution in [0.4, 0.5) is 15.9 Å². The Balaban J connectivity index is 2.43. The minimum absolute atomic E-state index is 0.0766. The van der Waals surface area contributed by atoms with E-state index < -0.39 is 11.8 Å². The fourth-order valence-electron chi connectivity index (χ4n) is 1.42. The lowest BCUT2D eigenvalue weighted by molar-refractivity contribution is 0.0697. The van der Waals surface area contributed by atoms with Crippen molar-refractivity contribution in [1.82, 2.24) is 4.98 Å². The quantitative estimate of drug-likeness (QED) is 0.826. The molecule has 0 bridgehead atoms. The predicted molar refractivity (Wildman–Crippen MR) is 76.3 cm³/mol. The number of carboxylic acid groups (broad SMARTS) is 1. The summed E-state index contributed by atoms with van der Waals surface area (Å²) in [4.78, 5) is 14.8. The number of carbonyl (C=O) groups is 1. The molecule has 0 unspecified atom stereocenters. The van der Waals surface area contributed by atoms with Gasteiger partial charge < -0.3 is 10.4 Å². The maximum atomic E-state index is 13.0. The Bertz CT molecular complexity index is 650. The number of hydrogen-bond acceptors (Lipinski definition) is 3. The lowest BCUT2D eigenvalue weighted by atomic mass is 10.2. The molecule has 19 heavy (non-hydrogen) atoms. The third-order valence-corrected chi connectivity index (χ3v) is 3.45. The minimum atomic E-state index is -1.25. The highest BCUT2D eigenvalue weighted by atomic mass is 79.9. The molecule has 1 aromatic heterocycles. The number of halogens is 3. The molecule has 0 fully saturated rings. The van der Waals surface area contributed by atoms with Crippen LogP contribution >= 0.6 is 31.9 Å². The molecule has 0 spiro atoms. The summed E-state index contributed by atoms with van der Waals surface area (Å²) in [6.45, 7) is 0. The van der Waals surface area contributed by atoms with Crippen molar-refractivity contribution in [3.63, 3.8) is 0 Å². The molecule has 2 aromatic rings. The van der Waals surface area contributed by atoms with Crippen LogP contribution in [0.15, 0.2) is 39.4 Å². The fraction of sp³-hybridized carbons (Fsp3) is 0. The van der Waals surface area contributed by atoms with E-state index in [-0.39, 0.29) is 11.4 Å². The highest BCUT2D eigenvalue weighted by Gasteiger charge is 2.14. The summed E-state index contributed by atoms with van der Waals surface area (Å²) in [6.07, 6.45) is 0.959. The molecule has 0 aliphatic rings. The highest BCUT2D eigenvalue weighted by molar-refractivity contribution is 9.11. The number of hydrogen-bond donors (Lipinski definition) is 2. The van der Waals surface area contributed by atoms with Gasteiger partial charge in [0.25, 0.3) is 0 Å². The van der Waals surface area contributed by atoms with Gasteiger partial charge >= 0.3 is 5.97 Å². The summed E-state index contributed by atoms with van der Waals surface area (Å²) in [7, 11) is 0. The van der Waals surface area contributed by atoms with Gasteiger partial charge in [0.05, 0.1) is 11.9 Å². The van der Waals surface area contributed by atoms with E-state index in [4.69, 9.17) is 5.11 Å². The first kappa shape index (κ1) is 14.0. The number of pyridine rings is 1. The van der Waals surface area contributed by atoms with Crippen molar-refractivity contribution in [2.24, 2.45) is 0 Å². The van der Waals surface area contributed by atoms with Crippen LogP contribution in [0.25, 0.3) is 0 Å². The van der Waals surface area contributed by atoms with Gasteiger partial charge in [0.2, 0.25) is 0 Å². The average Bonchev–Trinajstić information content (AvgIpc) is 2.35. The van der Waals surface area contributed by atoms with Crippen molar-refractivity contribution in [3.8, 4) is 0 Å². The van der Waals surface area contributed by atoms with Crippen LogP contribution in [0.3, 0.4) is 0 Å². The number of nitrogens with zero attached hydrogens (tertiary/aromatic N) is 1. The molecule has 4 nitrogen and oxygen atoms in total. The molecule has 7 heteroatoms. The lowest BCUT2D eigenvalue weighted by Gasteiger charge is -2.10. The van der Waals surface area contributed by atoms with Gasteiger partial charge in [0.1, 0.15) is 17.2 Å². The fourth-order valence-corrected chi connectivity index (χ4v) is 2.13. The van der Waals surface area contributed by atoms with Crippen molar-refractivity contribution >= 4 is 49.3 Å². The number of rotatable bonds is 3. The van der Waals surface area contributed by atoms with Crippen LogP contribution in [0.1, 0.15) is 10.4 Å². The van der Waals surface area contributed by atoms with Crippen LogP contribution in [-0.4, -0.2) is 16.1 Å². The molecule has 1 aromatic carbocycles. The number of carboxylic acids is 1. The van der Waals surface area contributed by atoms with Crippen LogP contribution in [0.5, 0.6) is 0 Å². The van der Waals surface area contributed by atoms with Crippen molar-refractivity contribution in [2.45, 2.75) is 0 Å². The third kappa shape index (κ3) is 3.30. The van der Waals surface area contributed by atoms with Crippen LogP contribution < -0.4 is 5.32 Å². The Hall–Kier alpha value is -1.47. The van der Waals surface area contributed by atoms with Gasteiger partial charge in [-0.05, 0) is 40.2 Å². The first-order valence-electron chi connectivity index (χ1n) is 5.08. The molecule has 0 amide bonds. The van der Waals surface area contributed by atoms with Crippen LogP contribution in [-0.2, 0) is 0 Å². The Morgan fingerprint density at radius 2 is 2.05 bits per heavy atom. The largest absolute Gasteiger partial charge is 0.478 e. The molecule has 0 atom stereocenters. The molecule has 0 aliphatic carbocycles. The average molecular weight is 390 g/mol. The second-order valence-corrected chi connectivity index (χ2v) is 5.37. The third-order valence-electron chi connectivity index (χ3n) is 2.27. The summed E-state index contributed by atoms with van der Waals surface area (Å²) in [6, 6.07) is 6.28.